The number of hydrogen-bond acceptors (Lipinski definition) is 4. The van der Waals surface area contributed by atoms with Crippen molar-refractivity contribution in [3.8, 4) is 0 Å². The van der Waals surface area contributed by atoms with E-state index in [1.165, 1.54) is 6.26 Å². The Balaban J connectivity index is 1.59. The predicted molar refractivity (Wildman–Crippen MR) is 95.6 cm³/mol. The first kappa shape index (κ1) is 16.8. The van der Waals surface area contributed by atoms with Crippen LogP contribution in [0, 0.1) is 0 Å². The van der Waals surface area contributed by atoms with Crippen molar-refractivity contribution in [3.05, 3.63) is 54.2 Å². The number of amides is 2. The van der Waals surface area contributed by atoms with Crippen LogP contribution in [0.1, 0.15) is 48.2 Å². The lowest BCUT2D eigenvalue weighted by Gasteiger charge is -2.47. The molecule has 2 aromatic rings. The summed E-state index contributed by atoms with van der Waals surface area (Å²) in [6.45, 7) is 4.00. The lowest BCUT2D eigenvalue weighted by atomic mass is 9.73. The molecule has 0 radical (unpaired) electrons. The third-order valence-electron chi connectivity index (χ3n) is 5.94. The minimum Gasteiger partial charge on any atom is -0.459 e. The lowest BCUT2D eigenvalue weighted by Crippen LogP contribution is -2.56. The van der Waals surface area contributed by atoms with E-state index in [9.17, 15) is 9.59 Å². The molecule has 2 amide bonds. The highest BCUT2D eigenvalue weighted by Crippen LogP contribution is 2.48. The van der Waals surface area contributed by atoms with Gasteiger partial charge < -0.3 is 14.2 Å². The average molecular weight is 353 g/mol. The van der Waals surface area contributed by atoms with Gasteiger partial charge in [0.1, 0.15) is 0 Å². The monoisotopic (exact) mass is 353 g/mol. The van der Waals surface area contributed by atoms with Crippen LogP contribution >= 0.6 is 0 Å². The van der Waals surface area contributed by atoms with Gasteiger partial charge in [0.05, 0.1) is 11.8 Å². The highest BCUT2D eigenvalue weighted by molar-refractivity contribution is 5.91. The number of rotatable bonds is 3. The van der Waals surface area contributed by atoms with Crippen LogP contribution in [-0.2, 0) is 4.79 Å². The minimum absolute atomic E-state index is 0.0716. The number of hydrogen-bond donors (Lipinski definition) is 0. The van der Waals surface area contributed by atoms with Crippen molar-refractivity contribution in [2.45, 2.75) is 37.6 Å². The summed E-state index contributed by atoms with van der Waals surface area (Å²) in [4.78, 5) is 33.2. The van der Waals surface area contributed by atoms with E-state index >= 15 is 0 Å². The molecular formula is C20H23N3O3. The summed E-state index contributed by atoms with van der Waals surface area (Å²) in [5.74, 6) is 0.665. The Kier molecular flexibility index (Phi) is 4.26. The first-order valence-electron chi connectivity index (χ1n) is 9.19. The summed E-state index contributed by atoms with van der Waals surface area (Å²) >= 11 is 0. The number of carbonyl (C=O) groups excluding carboxylic acids is 2. The Hall–Kier alpha value is -2.63. The second-order valence-electron chi connectivity index (χ2n) is 7.05. The fourth-order valence-electron chi connectivity index (χ4n) is 4.70. The SMILES string of the molecule is CCN1C(=O)CC(c2ccncc2)C12CCN(C(=O)c1ccco1)CC2. The summed E-state index contributed by atoms with van der Waals surface area (Å²) in [6.07, 6.45) is 7.20. The predicted octanol–water partition coefficient (Wildman–Crippen LogP) is 2.69. The molecule has 4 heterocycles. The van der Waals surface area contributed by atoms with Crippen molar-refractivity contribution in [3.63, 3.8) is 0 Å². The molecule has 6 nitrogen and oxygen atoms in total. The molecular weight excluding hydrogens is 330 g/mol. The largest absolute Gasteiger partial charge is 0.459 e. The van der Waals surface area contributed by atoms with E-state index in [2.05, 4.69) is 4.98 Å². The van der Waals surface area contributed by atoms with Crippen LogP contribution in [0.15, 0.2) is 47.3 Å². The van der Waals surface area contributed by atoms with E-state index in [-0.39, 0.29) is 23.3 Å². The Morgan fingerprint density at radius 2 is 2.00 bits per heavy atom. The van der Waals surface area contributed by atoms with Crippen molar-refractivity contribution in [1.82, 2.24) is 14.8 Å². The van der Waals surface area contributed by atoms with Crippen LogP contribution in [0.2, 0.25) is 0 Å². The van der Waals surface area contributed by atoms with Gasteiger partial charge in [0.2, 0.25) is 5.91 Å². The highest BCUT2D eigenvalue weighted by atomic mass is 16.3. The molecule has 6 heteroatoms. The number of furan rings is 1. The van der Waals surface area contributed by atoms with Crippen molar-refractivity contribution in [2.75, 3.05) is 19.6 Å². The molecule has 0 bridgehead atoms. The Morgan fingerprint density at radius 1 is 1.27 bits per heavy atom. The smallest absolute Gasteiger partial charge is 0.289 e. The van der Waals surface area contributed by atoms with Gasteiger partial charge in [-0.1, -0.05) is 0 Å². The summed E-state index contributed by atoms with van der Waals surface area (Å²) < 4.78 is 5.25. The van der Waals surface area contributed by atoms with Gasteiger partial charge in [0.15, 0.2) is 5.76 Å². The molecule has 0 aliphatic carbocycles. The average Bonchev–Trinajstić information content (AvgIpc) is 3.30. The van der Waals surface area contributed by atoms with E-state index in [1.807, 2.05) is 28.9 Å². The first-order chi connectivity index (χ1) is 12.7. The van der Waals surface area contributed by atoms with Crippen LogP contribution in [0.25, 0.3) is 0 Å². The van der Waals surface area contributed by atoms with Gasteiger partial charge in [-0.3, -0.25) is 14.6 Å². The van der Waals surface area contributed by atoms with E-state index in [1.54, 1.807) is 24.5 Å². The summed E-state index contributed by atoms with van der Waals surface area (Å²) in [7, 11) is 0. The topological polar surface area (TPSA) is 66.7 Å². The fraction of sp³-hybridized carbons (Fsp3) is 0.450. The molecule has 1 atom stereocenters. The van der Waals surface area contributed by atoms with Crippen LogP contribution in [0.3, 0.4) is 0 Å². The maximum Gasteiger partial charge on any atom is 0.289 e. The Labute approximate surface area is 152 Å². The number of piperidine rings is 1. The van der Waals surface area contributed by atoms with Crippen molar-refractivity contribution in [1.29, 1.82) is 0 Å². The van der Waals surface area contributed by atoms with Gasteiger partial charge in [0.25, 0.3) is 5.91 Å². The molecule has 2 fully saturated rings. The summed E-state index contributed by atoms with van der Waals surface area (Å²) in [6, 6.07) is 7.45. The third-order valence-corrected chi connectivity index (χ3v) is 5.94. The third kappa shape index (κ3) is 2.60. The molecule has 0 N–H and O–H groups in total. The van der Waals surface area contributed by atoms with Crippen LogP contribution < -0.4 is 0 Å². The van der Waals surface area contributed by atoms with E-state index in [4.69, 9.17) is 4.42 Å². The van der Waals surface area contributed by atoms with Gasteiger partial charge in [-0.15, -0.1) is 0 Å². The van der Waals surface area contributed by atoms with E-state index in [0.717, 1.165) is 18.4 Å². The van der Waals surface area contributed by atoms with Gasteiger partial charge in [-0.05, 0) is 49.6 Å². The molecule has 136 valence electrons. The first-order valence-corrected chi connectivity index (χ1v) is 9.19. The molecule has 2 aromatic heterocycles. The number of carbonyl (C=O) groups is 2. The Morgan fingerprint density at radius 3 is 2.62 bits per heavy atom. The quantitative estimate of drug-likeness (QED) is 0.851. The molecule has 4 rings (SSSR count). The highest BCUT2D eigenvalue weighted by Gasteiger charge is 2.53. The second-order valence-corrected chi connectivity index (χ2v) is 7.05. The van der Waals surface area contributed by atoms with Gasteiger partial charge in [0, 0.05) is 44.4 Å². The molecule has 2 aliphatic heterocycles. The zero-order valence-corrected chi connectivity index (χ0v) is 14.9. The van der Waals surface area contributed by atoms with Crippen molar-refractivity contribution >= 4 is 11.8 Å². The van der Waals surface area contributed by atoms with Gasteiger partial charge in [-0.25, -0.2) is 0 Å². The van der Waals surface area contributed by atoms with E-state index < -0.39 is 0 Å². The van der Waals surface area contributed by atoms with Crippen LogP contribution in [-0.4, -0.2) is 51.8 Å². The van der Waals surface area contributed by atoms with Crippen LogP contribution in [0.5, 0.6) is 0 Å². The number of likely N-dealkylation sites (N-methyl/N-ethyl adjacent to an activating group) is 1. The number of pyridine rings is 1. The van der Waals surface area contributed by atoms with Crippen LogP contribution in [0.4, 0.5) is 0 Å². The molecule has 0 aromatic carbocycles. The number of nitrogens with zero attached hydrogens (tertiary/aromatic N) is 3. The number of aromatic nitrogens is 1. The molecule has 26 heavy (non-hydrogen) atoms. The summed E-state index contributed by atoms with van der Waals surface area (Å²) in [5.41, 5.74) is 0.947. The lowest BCUT2D eigenvalue weighted by molar-refractivity contribution is -0.132. The van der Waals surface area contributed by atoms with Crippen molar-refractivity contribution in [2.24, 2.45) is 0 Å². The zero-order chi connectivity index (χ0) is 18.1. The van der Waals surface area contributed by atoms with Crippen molar-refractivity contribution < 1.29 is 14.0 Å². The summed E-state index contributed by atoms with van der Waals surface area (Å²) in [5, 5.41) is 0. The molecule has 2 saturated heterocycles. The maximum absolute atomic E-state index is 12.7. The van der Waals surface area contributed by atoms with Gasteiger partial charge >= 0.3 is 0 Å². The Bertz CT molecular complexity index is 780. The molecule has 1 unspecified atom stereocenters. The second kappa shape index (κ2) is 6.59. The minimum atomic E-state index is -0.215. The molecule has 2 aliphatic rings. The van der Waals surface area contributed by atoms with Gasteiger partial charge in [-0.2, -0.15) is 0 Å². The maximum atomic E-state index is 12.7. The zero-order valence-electron chi connectivity index (χ0n) is 14.9. The number of likely N-dealkylation sites (tertiary alicyclic amines) is 2. The molecule has 0 saturated carbocycles. The fourth-order valence-corrected chi connectivity index (χ4v) is 4.70. The van der Waals surface area contributed by atoms with E-state index in [0.29, 0.717) is 31.8 Å². The molecule has 1 spiro atoms. The normalized spacial score (nSPS) is 22.2. The standard InChI is InChI=1S/C20H23N3O3/c1-2-23-18(24)14-16(15-5-9-21-10-6-15)20(23)7-11-22(12-8-20)19(25)17-4-3-13-26-17/h3-6,9-10,13,16H,2,7-8,11-12,14H2,1H3.